The molecule has 0 saturated carbocycles. The van der Waals surface area contributed by atoms with E-state index in [-0.39, 0.29) is 30.8 Å². The van der Waals surface area contributed by atoms with E-state index in [9.17, 15) is 31.4 Å². The Hall–Kier alpha value is -2.04. The molecule has 0 spiro atoms. The minimum Gasteiger partial charge on any atom is -0.393 e. The van der Waals surface area contributed by atoms with Crippen LogP contribution >= 0.6 is 0 Å². The fraction of sp³-hybridized carbons (Fsp3) is 0.538. The first-order chi connectivity index (χ1) is 16.8. The third-order valence-electron chi connectivity index (χ3n) is 7.47. The molecule has 0 saturated heterocycles. The lowest BCUT2D eigenvalue weighted by Gasteiger charge is -2.44. The van der Waals surface area contributed by atoms with Crippen LogP contribution in [-0.2, 0) is 29.6 Å². The first-order valence-electron chi connectivity index (χ1n) is 12.2. The van der Waals surface area contributed by atoms with Crippen molar-refractivity contribution in [1.29, 1.82) is 0 Å². The Balaban J connectivity index is 2.11. The van der Waals surface area contributed by atoms with Crippen molar-refractivity contribution in [1.82, 2.24) is 0 Å². The lowest BCUT2D eigenvalue weighted by atomic mass is 9.90. The monoisotopic (exact) mass is 533 g/mol. The fourth-order valence-electron chi connectivity index (χ4n) is 5.13. The van der Waals surface area contributed by atoms with Gasteiger partial charge in [0.25, 0.3) is 5.60 Å². The Morgan fingerprint density at radius 1 is 0.917 bits per heavy atom. The van der Waals surface area contributed by atoms with E-state index in [2.05, 4.69) is 0 Å². The van der Waals surface area contributed by atoms with Crippen LogP contribution in [0.4, 0.5) is 32.0 Å². The highest BCUT2D eigenvalue weighted by molar-refractivity contribution is 6.73. The summed E-state index contributed by atoms with van der Waals surface area (Å²) in [4.78, 5) is 1.96. The zero-order chi connectivity index (χ0) is 26.9. The van der Waals surface area contributed by atoms with Gasteiger partial charge in [-0.25, -0.2) is 0 Å². The van der Waals surface area contributed by atoms with Gasteiger partial charge < -0.3 is 14.4 Å². The van der Waals surface area contributed by atoms with Crippen LogP contribution < -0.4 is 4.90 Å². The summed E-state index contributed by atoms with van der Waals surface area (Å²) in [5, 5.41) is 9.40. The average molecular weight is 534 g/mol. The van der Waals surface area contributed by atoms with Gasteiger partial charge in [-0.2, -0.15) is 26.3 Å². The standard InChI is InChI=1S/C26H33F6NO2Si/c1-5-36(6-2,7-3)35-24(25(27,28)29,26(30,31)32)22-11-12-23-21(15-22)13-18(4)33(23)16-19-9-8-10-20(14-19)17-34/h8-12,14-15,18,34H,5-7,13,16-17H2,1-4H3. The predicted molar refractivity (Wildman–Crippen MR) is 130 cm³/mol. The normalized spacial score (nSPS) is 17.0. The Morgan fingerprint density at radius 3 is 2.03 bits per heavy atom. The number of nitrogens with zero attached hydrogens (tertiary/aromatic N) is 1. The van der Waals surface area contributed by atoms with E-state index in [1.54, 1.807) is 32.9 Å². The molecule has 1 heterocycles. The molecule has 0 aliphatic carbocycles. The van der Waals surface area contributed by atoms with Crippen LogP contribution in [0.15, 0.2) is 42.5 Å². The maximum absolute atomic E-state index is 14.5. The van der Waals surface area contributed by atoms with Gasteiger partial charge in [0.2, 0.25) is 0 Å². The van der Waals surface area contributed by atoms with Crippen molar-refractivity contribution < 1.29 is 35.9 Å². The van der Waals surface area contributed by atoms with Crippen molar-refractivity contribution in [2.45, 2.75) is 89.4 Å². The van der Waals surface area contributed by atoms with Gasteiger partial charge >= 0.3 is 12.4 Å². The molecule has 1 N–H and O–H groups in total. The molecule has 1 aliphatic rings. The van der Waals surface area contributed by atoms with Gasteiger partial charge in [-0.3, -0.25) is 0 Å². The van der Waals surface area contributed by atoms with Crippen molar-refractivity contribution in [3.05, 3.63) is 64.7 Å². The van der Waals surface area contributed by atoms with Crippen LogP contribution in [-0.4, -0.2) is 31.8 Å². The number of benzene rings is 2. The quantitative estimate of drug-likeness (QED) is 0.268. The fourth-order valence-corrected chi connectivity index (χ4v) is 8.06. The van der Waals surface area contributed by atoms with Gasteiger partial charge in [-0.15, -0.1) is 0 Å². The SMILES string of the molecule is CC[Si](CC)(CC)OC(c1ccc2c(c1)CC(C)N2Cc1cccc(CO)c1)(C(F)(F)F)C(F)(F)F. The summed E-state index contributed by atoms with van der Waals surface area (Å²) in [7, 11) is -3.34. The van der Waals surface area contributed by atoms with Gasteiger partial charge in [0.05, 0.1) is 6.61 Å². The van der Waals surface area contributed by atoms with Crippen molar-refractivity contribution in [3.63, 3.8) is 0 Å². The Bertz CT molecular complexity index is 1030. The lowest BCUT2D eigenvalue weighted by Crippen LogP contribution is -2.61. The zero-order valence-electron chi connectivity index (χ0n) is 20.9. The van der Waals surface area contributed by atoms with Crippen LogP contribution in [0.1, 0.15) is 49.9 Å². The first kappa shape index (κ1) is 28.5. The highest BCUT2D eigenvalue weighted by Gasteiger charge is 2.74. The minimum absolute atomic E-state index is 0.127. The summed E-state index contributed by atoms with van der Waals surface area (Å²) in [6, 6.07) is 10.9. The number of rotatable bonds is 9. The molecule has 36 heavy (non-hydrogen) atoms. The van der Waals surface area contributed by atoms with E-state index in [1.165, 1.54) is 6.07 Å². The molecular weight excluding hydrogens is 500 g/mol. The smallest absolute Gasteiger partial charge is 0.393 e. The Morgan fingerprint density at radius 2 is 1.50 bits per heavy atom. The summed E-state index contributed by atoms with van der Waals surface area (Å²) in [6.45, 7) is 6.98. The third kappa shape index (κ3) is 5.04. The second-order valence-corrected chi connectivity index (χ2v) is 14.2. The molecule has 0 amide bonds. The molecule has 3 nitrogen and oxygen atoms in total. The average Bonchev–Trinajstić information content (AvgIpc) is 3.13. The van der Waals surface area contributed by atoms with E-state index in [0.29, 0.717) is 24.2 Å². The van der Waals surface area contributed by atoms with Crippen LogP contribution in [0.2, 0.25) is 18.1 Å². The van der Waals surface area contributed by atoms with Crippen LogP contribution in [0.5, 0.6) is 0 Å². The van der Waals surface area contributed by atoms with E-state index in [4.69, 9.17) is 4.43 Å². The molecule has 0 aromatic heterocycles. The van der Waals surface area contributed by atoms with Crippen molar-refractivity contribution in [2.24, 2.45) is 0 Å². The predicted octanol–water partition coefficient (Wildman–Crippen LogP) is 7.47. The highest BCUT2D eigenvalue weighted by atomic mass is 28.4. The topological polar surface area (TPSA) is 32.7 Å². The molecule has 0 bridgehead atoms. The maximum Gasteiger partial charge on any atom is 0.429 e. The molecule has 1 unspecified atom stereocenters. The second kappa shape index (κ2) is 10.4. The van der Waals surface area contributed by atoms with Crippen LogP contribution in [0, 0.1) is 0 Å². The summed E-state index contributed by atoms with van der Waals surface area (Å²) in [5.74, 6) is 0. The number of aliphatic hydroxyl groups is 1. The van der Waals surface area contributed by atoms with Crippen LogP contribution in [0.25, 0.3) is 0 Å². The van der Waals surface area contributed by atoms with Gasteiger partial charge in [-0.05, 0) is 54.2 Å². The molecule has 1 aliphatic heterocycles. The summed E-state index contributed by atoms with van der Waals surface area (Å²) in [6.07, 6.45) is -11.1. The molecule has 2 aromatic rings. The number of aliphatic hydroxyl groups excluding tert-OH is 1. The Labute approximate surface area is 209 Å². The van der Waals surface area contributed by atoms with Gasteiger partial charge in [0.15, 0.2) is 8.32 Å². The number of alkyl halides is 6. The van der Waals surface area contributed by atoms with E-state index in [0.717, 1.165) is 23.3 Å². The lowest BCUT2D eigenvalue weighted by molar-refractivity contribution is -0.369. The minimum atomic E-state index is -5.69. The number of hydrogen-bond donors (Lipinski definition) is 1. The summed E-state index contributed by atoms with van der Waals surface area (Å²) in [5.41, 5.74) is -2.65. The Kier molecular flexibility index (Phi) is 8.22. The van der Waals surface area contributed by atoms with Crippen molar-refractivity contribution in [2.75, 3.05) is 4.90 Å². The number of hydrogen-bond acceptors (Lipinski definition) is 3. The van der Waals surface area contributed by atoms with Gasteiger partial charge in [0.1, 0.15) is 0 Å². The molecule has 0 radical (unpaired) electrons. The van der Waals surface area contributed by atoms with E-state index < -0.39 is 31.8 Å². The van der Waals surface area contributed by atoms with Crippen molar-refractivity contribution in [3.8, 4) is 0 Å². The second-order valence-electron chi connectivity index (χ2n) is 9.53. The molecular formula is C26H33F6NO2Si. The van der Waals surface area contributed by atoms with Crippen LogP contribution in [0.3, 0.4) is 0 Å². The van der Waals surface area contributed by atoms with Gasteiger partial charge in [0, 0.05) is 23.8 Å². The van der Waals surface area contributed by atoms with Crippen molar-refractivity contribution >= 4 is 14.0 Å². The zero-order valence-corrected chi connectivity index (χ0v) is 21.9. The summed E-state index contributed by atoms with van der Waals surface area (Å²) < 4.78 is 92.4. The molecule has 0 fully saturated rings. The largest absolute Gasteiger partial charge is 0.429 e. The third-order valence-corrected chi connectivity index (χ3v) is 12.1. The maximum atomic E-state index is 14.5. The summed E-state index contributed by atoms with van der Waals surface area (Å²) >= 11 is 0. The van der Waals surface area contributed by atoms with Gasteiger partial charge in [-0.1, -0.05) is 57.2 Å². The molecule has 200 valence electrons. The molecule has 3 rings (SSSR count). The first-order valence-corrected chi connectivity index (χ1v) is 14.7. The number of halogens is 6. The molecule has 1 atom stereocenters. The molecule has 2 aromatic carbocycles. The highest BCUT2D eigenvalue weighted by Crippen LogP contribution is 2.56. The van der Waals surface area contributed by atoms with E-state index >= 15 is 0 Å². The molecule has 10 heteroatoms. The number of fused-ring (bicyclic) bond motifs is 1. The number of anilines is 1. The van der Waals surface area contributed by atoms with E-state index in [1.807, 2.05) is 24.0 Å².